The van der Waals surface area contributed by atoms with Crippen molar-refractivity contribution in [3.8, 4) is 0 Å². The lowest BCUT2D eigenvalue weighted by molar-refractivity contribution is 0.812. The number of hydrogen-bond donors (Lipinski definition) is 1. The molecule has 0 spiro atoms. The zero-order chi connectivity index (χ0) is 14.5. The van der Waals surface area contributed by atoms with Crippen molar-refractivity contribution in [1.82, 2.24) is 5.32 Å². The van der Waals surface area contributed by atoms with E-state index < -0.39 is 0 Å². The third-order valence-corrected chi connectivity index (χ3v) is 3.85. The normalized spacial score (nSPS) is 10.6. The summed E-state index contributed by atoms with van der Waals surface area (Å²) in [6, 6.07) is 15.2. The second-order valence-corrected chi connectivity index (χ2v) is 5.80. The van der Waals surface area contributed by atoms with Gasteiger partial charge in [0.05, 0.1) is 0 Å². The van der Waals surface area contributed by atoms with Crippen molar-refractivity contribution in [3.63, 3.8) is 0 Å². The Morgan fingerprint density at radius 1 is 1.10 bits per heavy atom. The minimum Gasteiger partial charge on any atom is -0.342 e. The average Bonchev–Trinajstić information content (AvgIpc) is 2.44. The largest absolute Gasteiger partial charge is 0.342 e. The van der Waals surface area contributed by atoms with Crippen molar-refractivity contribution >= 4 is 27.3 Å². The molecule has 0 fully saturated rings. The van der Waals surface area contributed by atoms with Crippen LogP contribution in [0.25, 0.3) is 0 Å². The van der Waals surface area contributed by atoms with Crippen LogP contribution in [0.15, 0.2) is 46.9 Å². The Balaban J connectivity index is 2.43. The maximum absolute atomic E-state index is 3.56. The molecule has 2 nitrogen and oxygen atoms in total. The van der Waals surface area contributed by atoms with Gasteiger partial charge in [-0.25, -0.2) is 0 Å². The first-order chi connectivity index (χ1) is 9.65. The molecule has 0 atom stereocenters. The Morgan fingerprint density at radius 3 is 2.40 bits per heavy atom. The molecule has 0 bridgehead atoms. The van der Waals surface area contributed by atoms with E-state index in [1.807, 2.05) is 7.05 Å². The minimum absolute atomic E-state index is 0.858. The van der Waals surface area contributed by atoms with Gasteiger partial charge in [0, 0.05) is 28.9 Å². The second-order valence-electron chi connectivity index (χ2n) is 4.88. The summed E-state index contributed by atoms with van der Waals surface area (Å²) in [7, 11) is 1.98. The number of nitrogens with one attached hydrogen (secondary N) is 1. The van der Waals surface area contributed by atoms with E-state index in [9.17, 15) is 0 Å². The predicted octanol–water partition coefficient (Wildman–Crippen LogP) is 4.63. The monoisotopic (exact) mass is 332 g/mol. The van der Waals surface area contributed by atoms with Crippen LogP contribution in [-0.4, -0.2) is 13.6 Å². The van der Waals surface area contributed by atoms with Crippen LogP contribution in [0, 0.1) is 6.92 Å². The van der Waals surface area contributed by atoms with E-state index in [2.05, 4.69) is 82.5 Å². The molecule has 106 valence electrons. The van der Waals surface area contributed by atoms with Gasteiger partial charge >= 0.3 is 0 Å². The van der Waals surface area contributed by atoms with Crippen molar-refractivity contribution in [1.29, 1.82) is 0 Å². The van der Waals surface area contributed by atoms with Crippen LogP contribution in [0.4, 0.5) is 11.4 Å². The molecule has 0 radical (unpaired) electrons. The summed E-state index contributed by atoms with van der Waals surface area (Å²) in [4.78, 5) is 2.35. The zero-order valence-corrected chi connectivity index (χ0v) is 13.9. The average molecular weight is 333 g/mol. The fourth-order valence-electron chi connectivity index (χ4n) is 2.37. The van der Waals surface area contributed by atoms with Gasteiger partial charge in [-0.3, -0.25) is 0 Å². The van der Waals surface area contributed by atoms with Crippen molar-refractivity contribution < 1.29 is 0 Å². The third-order valence-electron chi connectivity index (χ3n) is 3.36. The van der Waals surface area contributed by atoms with E-state index >= 15 is 0 Å². The van der Waals surface area contributed by atoms with Crippen LogP contribution in [-0.2, 0) is 6.54 Å². The van der Waals surface area contributed by atoms with Gasteiger partial charge < -0.3 is 10.2 Å². The molecule has 0 aromatic heterocycles. The van der Waals surface area contributed by atoms with Crippen molar-refractivity contribution in [3.05, 3.63) is 58.1 Å². The molecule has 0 aliphatic rings. The highest BCUT2D eigenvalue weighted by molar-refractivity contribution is 9.10. The molecule has 0 amide bonds. The van der Waals surface area contributed by atoms with Crippen molar-refractivity contribution in [2.24, 2.45) is 0 Å². The SMILES string of the molecule is CCN(c1ccc(C)cc1)c1ccc(Br)cc1CNC. The lowest BCUT2D eigenvalue weighted by atomic mass is 10.1. The first-order valence-electron chi connectivity index (χ1n) is 6.93. The Kier molecular flexibility index (Phi) is 5.21. The fraction of sp³-hybridized carbons (Fsp3) is 0.294. The maximum Gasteiger partial charge on any atom is 0.0457 e. The molecule has 1 N–H and O–H groups in total. The summed E-state index contributed by atoms with van der Waals surface area (Å²) >= 11 is 3.56. The quantitative estimate of drug-likeness (QED) is 0.858. The van der Waals surface area contributed by atoms with Crippen LogP contribution in [0.3, 0.4) is 0 Å². The van der Waals surface area contributed by atoms with Crippen LogP contribution in [0.2, 0.25) is 0 Å². The number of nitrogens with zero attached hydrogens (tertiary/aromatic N) is 1. The molecule has 0 unspecified atom stereocenters. The molecule has 2 aromatic rings. The number of hydrogen-bond acceptors (Lipinski definition) is 2. The van der Waals surface area contributed by atoms with Gasteiger partial charge in [-0.2, -0.15) is 0 Å². The Labute approximate surface area is 129 Å². The van der Waals surface area contributed by atoms with Crippen LogP contribution >= 0.6 is 15.9 Å². The molecule has 3 heteroatoms. The lowest BCUT2D eigenvalue weighted by Crippen LogP contribution is -2.19. The maximum atomic E-state index is 3.56. The summed E-state index contributed by atoms with van der Waals surface area (Å²) in [6.45, 7) is 6.11. The second kappa shape index (κ2) is 6.91. The molecule has 2 aromatic carbocycles. The number of rotatable bonds is 5. The van der Waals surface area contributed by atoms with Gasteiger partial charge in [-0.15, -0.1) is 0 Å². The minimum atomic E-state index is 0.858. The lowest BCUT2D eigenvalue weighted by Gasteiger charge is -2.26. The highest BCUT2D eigenvalue weighted by Gasteiger charge is 2.11. The summed E-state index contributed by atoms with van der Waals surface area (Å²) in [6.07, 6.45) is 0. The Bertz CT molecular complexity index is 564. The highest BCUT2D eigenvalue weighted by atomic mass is 79.9. The molecule has 0 saturated carbocycles. The van der Waals surface area contributed by atoms with E-state index in [0.717, 1.165) is 17.6 Å². The number of halogens is 1. The fourth-order valence-corrected chi connectivity index (χ4v) is 2.77. The molecule has 2 rings (SSSR count). The Hall–Kier alpha value is -1.32. The molecule has 0 aliphatic carbocycles. The van der Waals surface area contributed by atoms with Crippen LogP contribution < -0.4 is 10.2 Å². The molecule has 0 aliphatic heterocycles. The standard InChI is InChI=1S/C17H21BrN2/c1-4-20(16-8-5-13(2)6-9-16)17-10-7-15(18)11-14(17)12-19-3/h5-11,19H,4,12H2,1-3H3. The van der Waals surface area contributed by atoms with Gasteiger partial charge in [0.25, 0.3) is 0 Å². The first-order valence-corrected chi connectivity index (χ1v) is 7.72. The number of anilines is 2. The molecule has 0 saturated heterocycles. The first kappa shape index (κ1) is 15.1. The molecule has 20 heavy (non-hydrogen) atoms. The van der Waals surface area contributed by atoms with Crippen molar-refractivity contribution in [2.45, 2.75) is 20.4 Å². The smallest absolute Gasteiger partial charge is 0.0457 e. The molecule has 0 heterocycles. The summed E-state index contributed by atoms with van der Waals surface area (Å²) in [5.74, 6) is 0. The topological polar surface area (TPSA) is 15.3 Å². The molecular weight excluding hydrogens is 312 g/mol. The summed E-state index contributed by atoms with van der Waals surface area (Å²) in [5.41, 5.74) is 5.08. The highest BCUT2D eigenvalue weighted by Crippen LogP contribution is 2.30. The van der Waals surface area contributed by atoms with Crippen LogP contribution in [0.1, 0.15) is 18.1 Å². The Morgan fingerprint density at radius 2 is 1.80 bits per heavy atom. The third kappa shape index (κ3) is 3.41. The van der Waals surface area contributed by atoms with E-state index in [4.69, 9.17) is 0 Å². The van der Waals surface area contributed by atoms with E-state index in [1.54, 1.807) is 0 Å². The van der Waals surface area contributed by atoms with Gasteiger partial charge in [0.1, 0.15) is 0 Å². The van der Waals surface area contributed by atoms with E-state index in [0.29, 0.717) is 0 Å². The van der Waals surface area contributed by atoms with Crippen molar-refractivity contribution in [2.75, 3.05) is 18.5 Å². The number of benzene rings is 2. The van der Waals surface area contributed by atoms with E-state index in [1.165, 1.54) is 22.5 Å². The summed E-state index contributed by atoms with van der Waals surface area (Å²) < 4.78 is 1.12. The van der Waals surface area contributed by atoms with Gasteiger partial charge in [0.2, 0.25) is 0 Å². The van der Waals surface area contributed by atoms with E-state index in [-0.39, 0.29) is 0 Å². The number of aryl methyl sites for hydroxylation is 1. The van der Waals surface area contributed by atoms with Gasteiger partial charge in [0.15, 0.2) is 0 Å². The van der Waals surface area contributed by atoms with Gasteiger partial charge in [-0.05, 0) is 56.8 Å². The van der Waals surface area contributed by atoms with Gasteiger partial charge in [-0.1, -0.05) is 33.6 Å². The summed E-state index contributed by atoms with van der Waals surface area (Å²) in [5, 5.41) is 3.24. The predicted molar refractivity (Wildman–Crippen MR) is 90.8 cm³/mol. The van der Waals surface area contributed by atoms with Crippen LogP contribution in [0.5, 0.6) is 0 Å². The zero-order valence-electron chi connectivity index (χ0n) is 12.3. The molecular formula is C17H21BrN2.